The summed E-state index contributed by atoms with van der Waals surface area (Å²) < 4.78 is 0. The molecule has 1 N–H and O–H groups in total. The fourth-order valence-electron chi connectivity index (χ4n) is 2.14. The molecule has 17 heavy (non-hydrogen) atoms. The van der Waals surface area contributed by atoms with Crippen LogP contribution in [0.3, 0.4) is 0 Å². The fourth-order valence-corrected chi connectivity index (χ4v) is 2.92. The van der Waals surface area contributed by atoms with E-state index in [1.165, 1.54) is 21.6 Å². The van der Waals surface area contributed by atoms with Gasteiger partial charge in [0.1, 0.15) is 0 Å². The van der Waals surface area contributed by atoms with E-state index in [0.29, 0.717) is 0 Å². The lowest BCUT2D eigenvalue weighted by atomic mass is 9.96. The van der Waals surface area contributed by atoms with Gasteiger partial charge in [0.2, 0.25) is 0 Å². The van der Waals surface area contributed by atoms with Crippen LogP contribution in [0, 0.1) is 13.8 Å². The highest BCUT2D eigenvalue weighted by Gasteiger charge is 2.10. The van der Waals surface area contributed by atoms with Gasteiger partial charge in [-0.15, -0.1) is 11.3 Å². The van der Waals surface area contributed by atoms with Gasteiger partial charge in [0, 0.05) is 11.3 Å². The number of aliphatic hydroxyl groups excluding tert-OH is 1. The molecule has 1 aromatic carbocycles. The summed E-state index contributed by atoms with van der Waals surface area (Å²) in [5, 5.41) is 12.2. The fraction of sp³-hybridized carbons (Fsp3) is 0.333. The van der Waals surface area contributed by atoms with Gasteiger partial charge >= 0.3 is 0 Å². The largest absolute Gasteiger partial charge is 0.392 e. The van der Waals surface area contributed by atoms with Crippen LogP contribution in [0.5, 0.6) is 0 Å². The first-order valence-electron chi connectivity index (χ1n) is 5.92. The molecule has 0 aliphatic rings. The highest BCUT2D eigenvalue weighted by Crippen LogP contribution is 2.18. The Morgan fingerprint density at radius 3 is 2.35 bits per heavy atom. The summed E-state index contributed by atoms with van der Waals surface area (Å²) in [6.07, 6.45) is 1.22. The van der Waals surface area contributed by atoms with E-state index >= 15 is 0 Å². The van der Waals surface area contributed by atoms with E-state index in [-0.39, 0.29) is 6.10 Å². The van der Waals surface area contributed by atoms with Gasteiger partial charge < -0.3 is 5.11 Å². The molecule has 1 nitrogen and oxygen atoms in total. The second-order valence-corrected chi connectivity index (χ2v) is 5.54. The number of benzene rings is 1. The summed E-state index contributed by atoms with van der Waals surface area (Å²) in [7, 11) is 0. The summed E-state index contributed by atoms with van der Waals surface area (Å²) in [6.45, 7) is 4.22. The molecule has 0 saturated carbocycles. The standard InChI is InChI=1S/C15H18OS/c1-11-5-3-6-12(2)15(11)10-13(16)9-14-7-4-8-17-14/h3-8,13,16H,9-10H2,1-2H3. The number of aliphatic hydroxyl groups is 1. The molecule has 0 spiro atoms. The molecule has 1 atom stereocenters. The first-order valence-corrected chi connectivity index (χ1v) is 6.80. The molecule has 1 heterocycles. The molecule has 1 aromatic heterocycles. The van der Waals surface area contributed by atoms with Gasteiger partial charge in [-0.1, -0.05) is 24.3 Å². The average Bonchev–Trinajstić information content (AvgIpc) is 2.76. The second-order valence-electron chi connectivity index (χ2n) is 4.51. The lowest BCUT2D eigenvalue weighted by Gasteiger charge is -2.14. The molecule has 0 aliphatic heterocycles. The minimum absolute atomic E-state index is 0.284. The number of thiophene rings is 1. The SMILES string of the molecule is Cc1cccc(C)c1CC(O)Cc1cccs1. The van der Waals surface area contributed by atoms with Crippen LogP contribution in [-0.2, 0) is 12.8 Å². The van der Waals surface area contributed by atoms with Gasteiger partial charge in [-0.05, 0) is 48.4 Å². The predicted octanol–water partition coefficient (Wildman–Crippen LogP) is 3.51. The molecule has 0 radical (unpaired) electrons. The Bertz CT molecular complexity index is 453. The molecule has 2 heteroatoms. The van der Waals surface area contributed by atoms with Crippen molar-refractivity contribution >= 4 is 11.3 Å². The van der Waals surface area contributed by atoms with Gasteiger partial charge in [-0.2, -0.15) is 0 Å². The second kappa shape index (κ2) is 5.48. The van der Waals surface area contributed by atoms with Gasteiger partial charge in [-0.3, -0.25) is 0 Å². The molecule has 0 bridgehead atoms. The summed E-state index contributed by atoms with van der Waals surface area (Å²) in [6, 6.07) is 10.4. The Labute approximate surface area is 107 Å². The monoisotopic (exact) mass is 246 g/mol. The Kier molecular flexibility index (Phi) is 3.97. The minimum atomic E-state index is -0.284. The summed E-state index contributed by atoms with van der Waals surface area (Å²) in [4.78, 5) is 1.25. The highest BCUT2D eigenvalue weighted by atomic mass is 32.1. The van der Waals surface area contributed by atoms with E-state index in [2.05, 4.69) is 43.5 Å². The van der Waals surface area contributed by atoms with E-state index in [0.717, 1.165) is 12.8 Å². The number of hydrogen-bond donors (Lipinski definition) is 1. The third-order valence-electron chi connectivity index (χ3n) is 3.10. The van der Waals surface area contributed by atoms with Gasteiger partial charge in [0.15, 0.2) is 0 Å². The topological polar surface area (TPSA) is 20.2 Å². The third kappa shape index (κ3) is 3.18. The first-order chi connectivity index (χ1) is 8.16. The molecular weight excluding hydrogens is 228 g/mol. The van der Waals surface area contributed by atoms with Gasteiger partial charge in [0.05, 0.1) is 6.10 Å². The average molecular weight is 246 g/mol. The lowest BCUT2D eigenvalue weighted by Crippen LogP contribution is -2.14. The van der Waals surface area contributed by atoms with Crippen LogP contribution >= 0.6 is 11.3 Å². The Morgan fingerprint density at radius 1 is 1.06 bits per heavy atom. The van der Waals surface area contributed by atoms with E-state index in [1.54, 1.807) is 11.3 Å². The number of aryl methyl sites for hydroxylation is 2. The highest BCUT2D eigenvalue weighted by molar-refractivity contribution is 7.09. The van der Waals surface area contributed by atoms with E-state index < -0.39 is 0 Å². The van der Waals surface area contributed by atoms with Crippen molar-refractivity contribution in [2.75, 3.05) is 0 Å². The molecule has 90 valence electrons. The summed E-state index contributed by atoms with van der Waals surface area (Å²) in [5.74, 6) is 0. The zero-order valence-corrected chi connectivity index (χ0v) is 11.1. The van der Waals surface area contributed by atoms with E-state index in [4.69, 9.17) is 0 Å². The molecule has 0 amide bonds. The summed E-state index contributed by atoms with van der Waals surface area (Å²) >= 11 is 1.71. The molecule has 2 rings (SSSR count). The van der Waals surface area contributed by atoms with Crippen LogP contribution in [0.2, 0.25) is 0 Å². The van der Waals surface area contributed by atoms with Crippen molar-refractivity contribution in [3.63, 3.8) is 0 Å². The van der Waals surface area contributed by atoms with E-state index in [1.807, 2.05) is 6.07 Å². The van der Waals surface area contributed by atoms with Crippen molar-refractivity contribution in [2.45, 2.75) is 32.8 Å². The maximum Gasteiger partial charge on any atom is 0.0628 e. The van der Waals surface area contributed by atoms with Crippen molar-refractivity contribution in [3.05, 3.63) is 57.3 Å². The lowest BCUT2D eigenvalue weighted by molar-refractivity contribution is 0.176. The van der Waals surface area contributed by atoms with E-state index in [9.17, 15) is 5.11 Å². The number of rotatable bonds is 4. The normalized spacial score (nSPS) is 12.6. The van der Waals surface area contributed by atoms with Crippen molar-refractivity contribution in [1.82, 2.24) is 0 Å². The van der Waals surface area contributed by atoms with Crippen molar-refractivity contribution in [2.24, 2.45) is 0 Å². The Balaban J connectivity index is 2.05. The van der Waals surface area contributed by atoms with Crippen LogP contribution in [0.15, 0.2) is 35.7 Å². The molecule has 2 aromatic rings. The number of hydrogen-bond acceptors (Lipinski definition) is 2. The predicted molar refractivity (Wildman–Crippen MR) is 73.6 cm³/mol. The van der Waals surface area contributed by atoms with Gasteiger partial charge in [-0.25, -0.2) is 0 Å². The molecule has 1 unspecified atom stereocenters. The third-order valence-corrected chi connectivity index (χ3v) is 4.00. The first kappa shape index (κ1) is 12.3. The molecule has 0 saturated heterocycles. The molecule has 0 aliphatic carbocycles. The molecular formula is C15H18OS. The molecule has 0 fully saturated rings. The van der Waals surface area contributed by atoms with Crippen LogP contribution in [-0.4, -0.2) is 11.2 Å². The quantitative estimate of drug-likeness (QED) is 0.875. The maximum absolute atomic E-state index is 10.1. The maximum atomic E-state index is 10.1. The van der Waals surface area contributed by atoms with Crippen molar-refractivity contribution < 1.29 is 5.11 Å². The van der Waals surface area contributed by atoms with Crippen molar-refractivity contribution in [3.8, 4) is 0 Å². The van der Waals surface area contributed by atoms with Gasteiger partial charge in [0.25, 0.3) is 0 Å². The Hall–Kier alpha value is -1.12. The van der Waals surface area contributed by atoms with Crippen LogP contribution in [0.1, 0.15) is 21.6 Å². The van der Waals surface area contributed by atoms with Crippen LogP contribution in [0.25, 0.3) is 0 Å². The van der Waals surface area contributed by atoms with Crippen LogP contribution in [0.4, 0.5) is 0 Å². The minimum Gasteiger partial charge on any atom is -0.392 e. The summed E-state index contributed by atoms with van der Waals surface area (Å²) in [5.41, 5.74) is 3.84. The van der Waals surface area contributed by atoms with Crippen LogP contribution < -0.4 is 0 Å². The zero-order chi connectivity index (χ0) is 12.3. The Morgan fingerprint density at radius 2 is 1.76 bits per heavy atom. The zero-order valence-electron chi connectivity index (χ0n) is 10.3. The van der Waals surface area contributed by atoms with Crippen molar-refractivity contribution in [1.29, 1.82) is 0 Å². The smallest absolute Gasteiger partial charge is 0.0628 e.